The third kappa shape index (κ3) is 5.32. The van der Waals surface area contributed by atoms with E-state index in [1.807, 2.05) is 12.1 Å². The summed E-state index contributed by atoms with van der Waals surface area (Å²) in [5, 5.41) is 8.35. The fourth-order valence-electron chi connectivity index (χ4n) is 3.08. The summed E-state index contributed by atoms with van der Waals surface area (Å²) in [4.78, 5) is 28.9. The van der Waals surface area contributed by atoms with Crippen molar-refractivity contribution in [3.63, 3.8) is 0 Å². The van der Waals surface area contributed by atoms with Crippen LogP contribution in [0.25, 0.3) is 0 Å². The number of hydrogen-bond donors (Lipinski definition) is 2. The molecule has 0 unspecified atom stereocenters. The van der Waals surface area contributed by atoms with Crippen molar-refractivity contribution in [2.24, 2.45) is 5.92 Å². The number of carbonyl (C=O) groups is 2. The van der Waals surface area contributed by atoms with Crippen LogP contribution in [0.5, 0.6) is 0 Å². The van der Waals surface area contributed by atoms with Crippen LogP contribution in [0, 0.1) is 5.92 Å². The summed E-state index contributed by atoms with van der Waals surface area (Å²) >= 11 is 1.36. The predicted octanol–water partition coefficient (Wildman–Crippen LogP) is 4.27. The predicted molar refractivity (Wildman–Crippen MR) is 112 cm³/mol. The molecule has 1 aliphatic carbocycles. The number of amides is 1. The molecule has 1 atom stereocenters. The van der Waals surface area contributed by atoms with Gasteiger partial charge in [-0.3, -0.25) is 4.79 Å². The van der Waals surface area contributed by atoms with Gasteiger partial charge in [0.05, 0.1) is 0 Å². The number of aromatic nitrogens is 1. The Morgan fingerprint density at radius 3 is 2.79 bits per heavy atom. The van der Waals surface area contributed by atoms with Gasteiger partial charge in [0.15, 0.2) is 16.9 Å². The maximum absolute atomic E-state index is 12.4. The number of benzene rings is 1. The van der Waals surface area contributed by atoms with Crippen molar-refractivity contribution in [2.75, 3.05) is 17.2 Å². The molecule has 6 nitrogen and oxygen atoms in total. The highest BCUT2D eigenvalue weighted by molar-refractivity contribution is 7.13. The smallest absolute Gasteiger partial charge is 0.358 e. The number of fused-ring (bicyclic) bond motifs is 1. The zero-order valence-corrected chi connectivity index (χ0v) is 17.4. The van der Waals surface area contributed by atoms with Crippen molar-refractivity contribution in [3.8, 4) is 0 Å². The zero-order chi connectivity index (χ0) is 20.1. The van der Waals surface area contributed by atoms with Gasteiger partial charge in [-0.05, 0) is 61.8 Å². The van der Waals surface area contributed by atoms with Crippen LogP contribution in [0.1, 0.15) is 55.2 Å². The molecule has 28 heavy (non-hydrogen) atoms. The first-order valence-corrected chi connectivity index (χ1v) is 10.6. The Kier molecular flexibility index (Phi) is 6.67. The van der Waals surface area contributed by atoms with Crippen LogP contribution in [0.15, 0.2) is 23.6 Å². The number of ether oxygens (including phenoxy) is 1. The van der Waals surface area contributed by atoms with E-state index in [4.69, 9.17) is 4.74 Å². The fraction of sp³-hybridized carbons (Fsp3) is 0.476. The molecular weight excluding hydrogens is 374 g/mol. The number of aryl methyl sites for hydroxylation is 2. The molecule has 1 aromatic heterocycles. The molecule has 1 heterocycles. The Labute approximate surface area is 169 Å². The third-order valence-corrected chi connectivity index (χ3v) is 5.53. The normalized spacial score (nSPS) is 13.9. The summed E-state index contributed by atoms with van der Waals surface area (Å²) in [7, 11) is 0. The van der Waals surface area contributed by atoms with Crippen molar-refractivity contribution in [3.05, 3.63) is 40.4 Å². The molecular formula is C21H27N3O3S. The van der Waals surface area contributed by atoms with Gasteiger partial charge in [-0.2, -0.15) is 0 Å². The molecule has 0 radical (unpaired) electrons. The fourth-order valence-corrected chi connectivity index (χ4v) is 3.79. The quantitative estimate of drug-likeness (QED) is 0.646. The maximum atomic E-state index is 12.4. The molecule has 2 N–H and O–H groups in total. The van der Waals surface area contributed by atoms with E-state index < -0.39 is 12.1 Å². The van der Waals surface area contributed by atoms with E-state index in [0.717, 1.165) is 37.9 Å². The second-order valence-corrected chi connectivity index (χ2v) is 8.38. The molecule has 1 aliphatic rings. The van der Waals surface area contributed by atoms with Crippen molar-refractivity contribution < 1.29 is 14.3 Å². The van der Waals surface area contributed by atoms with E-state index in [9.17, 15) is 9.59 Å². The van der Waals surface area contributed by atoms with Crippen LogP contribution in [-0.4, -0.2) is 29.5 Å². The number of nitrogens with zero attached hydrogens (tertiary/aromatic N) is 1. The Balaban J connectivity index is 1.51. The van der Waals surface area contributed by atoms with Gasteiger partial charge in [0.2, 0.25) is 0 Å². The summed E-state index contributed by atoms with van der Waals surface area (Å²) in [6.45, 7) is 6.68. The highest BCUT2D eigenvalue weighted by Gasteiger charge is 2.21. The van der Waals surface area contributed by atoms with Gasteiger partial charge in [-0.1, -0.05) is 19.9 Å². The van der Waals surface area contributed by atoms with E-state index in [1.54, 1.807) is 12.3 Å². The molecule has 0 saturated carbocycles. The lowest BCUT2D eigenvalue weighted by molar-refractivity contribution is -0.123. The van der Waals surface area contributed by atoms with Gasteiger partial charge in [0, 0.05) is 17.6 Å². The Morgan fingerprint density at radius 2 is 2.00 bits per heavy atom. The van der Waals surface area contributed by atoms with Gasteiger partial charge < -0.3 is 15.4 Å². The van der Waals surface area contributed by atoms with Gasteiger partial charge in [-0.15, -0.1) is 11.3 Å². The lowest BCUT2D eigenvalue weighted by Gasteiger charge is -2.13. The van der Waals surface area contributed by atoms with Crippen molar-refractivity contribution >= 4 is 34.0 Å². The third-order valence-electron chi connectivity index (χ3n) is 4.73. The lowest BCUT2D eigenvalue weighted by Crippen LogP contribution is -2.30. The minimum Gasteiger partial charge on any atom is -0.448 e. The van der Waals surface area contributed by atoms with Crippen LogP contribution in [0.4, 0.5) is 10.8 Å². The van der Waals surface area contributed by atoms with E-state index >= 15 is 0 Å². The van der Waals surface area contributed by atoms with Crippen molar-refractivity contribution in [1.82, 2.24) is 4.98 Å². The monoisotopic (exact) mass is 401 g/mol. The molecule has 1 amide bonds. The second-order valence-electron chi connectivity index (χ2n) is 7.52. The molecule has 2 aromatic rings. The number of thiazole rings is 1. The SMILES string of the molecule is CC(C)CCNc1nc(C(=O)O[C@@H](C)C(=O)Nc2ccc3c(c2)CCC3)cs1. The molecule has 0 bridgehead atoms. The number of rotatable bonds is 8. The summed E-state index contributed by atoms with van der Waals surface area (Å²) in [5.41, 5.74) is 3.58. The first-order valence-electron chi connectivity index (χ1n) is 9.75. The minimum atomic E-state index is -0.903. The van der Waals surface area contributed by atoms with Crippen LogP contribution < -0.4 is 10.6 Å². The van der Waals surface area contributed by atoms with Gasteiger partial charge in [-0.25, -0.2) is 9.78 Å². The highest BCUT2D eigenvalue weighted by atomic mass is 32.1. The first kappa shape index (κ1) is 20.3. The average molecular weight is 402 g/mol. The van der Waals surface area contributed by atoms with Gasteiger partial charge >= 0.3 is 5.97 Å². The van der Waals surface area contributed by atoms with Crippen LogP contribution in [-0.2, 0) is 22.4 Å². The number of anilines is 2. The van der Waals surface area contributed by atoms with Crippen LogP contribution in [0.3, 0.4) is 0 Å². The number of hydrogen-bond acceptors (Lipinski definition) is 6. The highest BCUT2D eigenvalue weighted by Crippen LogP contribution is 2.25. The maximum Gasteiger partial charge on any atom is 0.358 e. The zero-order valence-electron chi connectivity index (χ0n) is 16.6. The van der Waals surface area contributed by atoms with Crippen LogP contribution in [0.2, 0.25) is 0 Å². The molecule has 0 aliphatic heterocycles. The minimum absolute atomic E-state index is 0.217. The molecule has 1 aromatic carbocycles. The van der Waals surface area contributed by atoms with E-state index in [1.165, 1.54) is 22.5 Å². The summed E-state index contributed by atoms with van der Waals surface area (Å²) in [6.07, 6.45) is 3.42. The van der Waals surface area contributed by atoms with E-state index in [2.05, 4.69) is 35.5 Å². The van der Waals surface area contributed by atoms with E-state index in [0.29, 0.717) is 11.0 Å². The molecule has 0 saturated heterocycles. The summed E-state index contributed by atoms with van der Waals surface area (Å²) in [5.74, 6) is -0.344. The van der Waals surface area contributed by atoms with E-state index in [-0.39, 0.29) is 11.6 Å². The molecule has 150 valence electrons. The molecule has 3 rings (SSSR count). The average Bonchev–Trinajstić information content (AvgIpc) is 3.30. The Morgan fingerprint density at radius 1 is 1.21 bits per heavy atom. The summed E-state index contributed by atoms with van der Waals surface area (Å²) in [6, 6.07) is 5.95. The number of carbonyl (C=O) groups excluding carboxylic acids is 2. The lowest BCUT2D eigenvalue weighted by atomic mass is 10.1. The Bertz CT molecular complexity index is 847. The molecule has 0 fully saturated rings. The Hall–Kier alpha value is -2.41. The van der Waals surface area contributed by atoms with Gasteiger partial charge in [0.25, 0.3) is 5.91 Å². The summed E-state index contributed by atoms with van der Waals surface area (Å²) < 4.78 is 5.28. The first-order chi connectivity index (χ1) is 13.4. The topological polar surface area (TPSA) is 80.3 Å². The standard InChI is InChI=1S/C21H27N3O3S/c1-13(2)9-10-22-21-24-18(12-28-21)20(26)27-14(3)19(25)23-17-8-7-15-5-4-6-16(15)11-17/h7-8,11-14H,4-6,9-10H2,1-3H3,(H,22,24)(H,23,25)/t14-/m0/s1. The van der Waals surface area contributed by atoms with Crippen molar-refractivity contribution in [1.29, 1.82) is 0 Å². The molecule has 7 heteroatoms. The van der Waals surface area contributed by atoms with Gasteiger partial charge in [0.1, 0.15) is 0 Å². The number of esters is 1. The largest absolute Gasteiger partial charge is 0.448 e. The second kappa shape index (κ2) is 9.19. The number of nitrogens with one attached hydrogen (secondary N) is 2. The van der Waals surface area contributed by atoms with Crippen molar-refractivity contribution in [2.45, 2.75) is 52.6 Å². The van der Waals surface area contributed by atoms with Crippen LogP contribution >= 0.6 is 11.3 Å². The molecule has 0 spiro atoms.